The Morgan fingerprint density at radius 2 is 1.44 bits per heavy atom. The van der Waals surface area contributed by atoms with Crippen LogP contribution in [0.5, 0.6) is 0 Å². The highest BCUT2D eigenvalue weighted by Crippen LogP contribution is 2.18. The van der Waals surface area contributed by atoms with Gasteiger partial charge in [-0.05, 0) is 40.7 Å². The SMILES string of the molecule is O=S(=O)(Nc1cccc(C=C[Si](O)(O)c2ccccc2)c1)c1ccccc1. The molecule has 0 aromatic heterocycles. The van der Waals surface area contributed by atoms with E-state index in [-0.39, 0.29) is 4.90 Å². The molecule has 27 heavy (non-hydrogen) atoms. The van der Waals surface area contributed by atoms with E-state index >= 15 is 0 Å². The maximum absolute atomic E-state index is 12.4. The van der Waals surface area contributed by atoms with Crippen LogP contribution >= 0.6 is 0 Å². The van der Waals surface area contributed by atoms with Crippen LogP contribution in [0.4, 0.5) is 5.69 Å². The summed E-state index contributed by atoms with van der Waals surface area (Å²) in [5.74, 6) is 0. The monoisotopic (exact) mass is 397 g/mol. The number of rotatable bonds is 6. The molecule has 3 aromatic carbocycles. The number of benzene rings is 3. The molecular formula is C20H19NO4SSi. The Balaban J connectivity index is 1.80. The van der Waals surface area contributed by atoms with Crippen molar-refractivity contribution in [3.8, 4) is 0 Å². The lowest BCUT2D eigenvalue weighted by Crippen LogP contribution is -2.46. The lowest BCUT2D eigenvalue weighted by Gasteiger charge is -2.13. The first-order chi connectivity index (χ1) is 12.9. The Hall–Kier alpha value is -2.71. The molecule has 7 heteroatoms. The van der Waals surface area contributed by atoms with Crippen LogP contribution < -0.4 is 9.91 Å². The molecule has 138 valence electrons. The zero-order valence-electron chi connectivity index (χ0n) is 14.4. The second kappa shape index (κ2) is 7.89. The van der Waals surface area contributed by atoms with Gasteiger partial charge >= 0.3 is 8.56 Å². The Kier molecular flexibility index (Phi) is 5.57. The van der Waals surface area contributed by atoms with Crippen molar-refractivity contribution in [2.24, 2.45) is 0 Å². The van der Waals surface area contributed by atoms with Crippen LogP contribution in [0.25, 0.3) is 6.08 Å². The molecule has 0 aliphatic rings. The van der Waals surface area contributed by atoms with E-state index < -0.39 is 18.6 Å². The Labute approximate surface area is 159 Å². The fourth-order valence-corrected chi connectivity index (χ4v) is 4.88. The van der Waals surface area contributed by atoms with Gasteiger partial charge in [0.1, 0.15) is 0 Å². The molecule has 0 fully saturated rings. The van der Waals surface area contributed by atoms with Crippen LogP contribution in [0.3, 0.4) is 0 Å². The zero-order chi connectivity index (χ0) is 19.3. The predicted octanol–water partition coefficient (Wildman–Crippen LogP) is 2.37. The zero-order valence-corrected chi connectivity index (χ0v) is 16.2. The number of hydrogen-bond acceptors (Lipinski definition) is 4. The van der Waals surface area contributed by atoms with Crippen molar-refractivity contribution in [3.63, 3.8) is 0 Å². The van der Waals surface area contributed by atoms with Crippen molar-refractivity contribution in [2.75, 3.05) is 4.72 Å². The molecule has 0 aliphatic carbocycles. The van der Waals surface area contributed by atoms with E-state index in [0.29, 0.717) is 16.4 Å². The summed E-state index contributed by atoms with van der Waals surface area (Å²) in [5, 5.41) is 0.474. The second-order valence-corrected chi connectivity index (χ2v) is 10.0. The molecular weight excluding hydrogens is 378 g/mol. The standard InChI is InChI=1S/C20H19NO4SSi/c22-26(23,19-10-3-1-4-11-19)21-18-9-7-8-17(16-18)14-15-27(24,25)20-12-5-2-6-13-20/h1-16,21,24-25H. The van der Waals surface area contributed by atoms with Crippen molar-refractivity contribution in [3.05, 3.63) is 96.2 Å². The molecule has 0 atom stereocenters. The highest BCUT2D eigenvalue weighted by Gasteiger charge is 2.28. The van der Waals surface area contributed by atoms with E-state index in [1.807, 2.05) is 0 Å². The van der Waals surface area contributed by atoms with Gasteiger partial charge in [0, 0.05) is 5.69 Å². The summed E-state index contributed by atoms with van der Waals surface area (Å²) in [6.45, 7) is 0. The number of sulfonamides is 1. The number of nitrogens with one attached hydrogen (secondary N) is 1. The van der Waals surface area contributed by atoms with Crippen LogP contribution in [0, 0.1) is 0 Å². The van der Waals surface area contributed by atoms with Crippen molar-refractivity contribution in [2.45, 2.75) is 4.90 Å². The van der Waals surface area contributed by atoms with E-state index in [2.05, 4.69) is 4.72 Å². The molecule has 0 radical (unpaired) electrons. The largest absolute Gasteiger partial charge is 0.404 e. The summed E-state index contributed by atoms with van der Waals surface area (Å²) in [4.78, 5) is 20.9. The average Bonchev–Trinajstić information content (AvgIpc) is 2.68. The first-order valence-corrected chi connectivity index (χ1v) is 11.7. The van der Waals surface area contributed by atoms with Gasteiger partial charge in [0.15, 0.2) is 0 Å². The Morgan fingerprint density at radius 1 is 0.815 bits per heavy atom. The van der Waals surface area contributed by atoms with Gasteiger partial charge in [0.25, 0.3) is 10.0 Å². The predicted molar refractivity (Wildman–Crippen MR) is 109 cm³/mol. The molecule has 0 unspecified atom stereocenters. The summed E-state index contributed by atoms with van der Waals surface area (Å²) in [6, 6.07) is 23.5. The van der Waals surface area contributed by atoms with E-state index in [0.717, 1.165) is 0 Å². The second-order valence-electron chi connectivity index (χ2n) is 5.97. The topological polar surface area (TPSA) is 86.6 Å². The lowest BCUT2D eigenvalue weighted by molar-refractivity contribution is 0.400. The summed E-state index contributed by atoms with van der Waals surface area (Å²) in [7, 11) is -7.38. The van der Waals surface area contributed by atoms with Crippen molar-refractivity contribution in [1.29, 1.82) is 0 Å². The summed E-state index contributed by atoms with van der Waals surface area (Å²) >= 11 is 0. The molecule has 0 heterocycles. The summed E-state index contributed by atoms with van der Waals surface area (Å²) in [6.07, 6.45) is 1.58. The maximum Gasteiger partial charge on any atom is 0.394 e. The lowest BCUT2D eigenvalue weighted by atomic mass is 10.2. The molecule has 3 N–H and O–H groups in total. The molecule has 3 rings (SSSR count). The first-order valence-electron chi connectivity index (χ1n) is 8.24. The van der Waals surface area contributed by atoms with Gasteiger partial charge in [-0.3, -0.25) is 4.72 Å². The highest BCUT2D eigenvalue weighted by molar-refractivity contribution is 7.92. The number of hydrogen-bond donors (Lipinski definition) is 3. The summed E-state index contributed by atoms with van der Waals surface area (Å²) < 4.78 is 27.4. The smallest absolute Gasteiger partial charge is 0.394 e. The van der Waals surface area contributed by atoms with Crippen LogP contribution in [0.15, 0.2) is 95.5 Å². The van der Waals surface area contributed by atoms with E-state index in [9.17, 15) is 18.0 Å². The molecule has 3 aromatic rings. The number of anilines is 1. The molecule has 0 aliphatic heterocycles. The molecule has 5 nitrogen and oxygen atoms in total. The van der Waals surface area contributed by atoms with Gasteiger partial charge < -0.3 is 9.59 Å². The fourth-order valence-electron chi connectivity index (χ4n) is 2.51. The van der Waals surface area contributed by atoms with Crippen LogP contribution in [-0.2, 0) is 10.0 Å². The van der Waals surface area contributed by atoms with E-state index in [4.69, 9.17) is 0 Å². The average molecular weight is 398 g/mol. The summed E-state index contributed by atoms with van der Waals surface area (Å²) in [5.41, 5.74) is 2.43. The van der Waals surface area contributed by atoms with Gasteiger partial charge in [-0.2, -0.15) is 0 Å². The minimum Gasteiger partial charge on any atom is -0.404 e. The van der Waals surface area contributed by atoms with Gasteiger partial charge in [0.2, 0.25) is 0 Å². The third kappa shape index (κ3) is 4.93. The molecule has 0 saturated heterocycles. The molecule has 0 amide bonds. The normalized spacial score (nSPS) is 12.2. The molecule has 0 spiro atoms. The van der Waals surface area contributed by atoms with Crippen molar-refractivity contribution < 1.29 is 18.0 Å². The first kappa shape index (κ1) is 19.1. The Bertz CT molecular complexity index is 1040. The minimum absolute atomic E-state index is 0.173. The van der Waals surface area contributed by atoms with Crippen LogP contribution in [-0.4, -0.2) is 26.6 Å². The quantitative estimate of drug-likeness (QED) is 0.558. The third-order valence-electron chi connectivity index (χ3n) is 3.90. The van der Waals surface area contributed by atoms with Crippen LogP contribution in [0.2, 0.25) is 0 Å². The van der Waals surface area contributed by atoms with Gasteiger partial charge in [-0.1, -0.05) is 66.7 Å². The van der Waals surface area contributed by atoms with E-state index in [1.54, 1.807) is 78.9 Å². The van der Waals surface area contributed by atoms with Crippen molar-refractivity contribution >= 4 is 35.5 Å². The van der Waals surface area contributed by atoms with Crippen molar-refractivity contribution in [1.82, 2.24) is 0 Å². The molecule has 0 saturated carbocycles. The van der Waals surface area contributed by atoms with E-state index in [1.165, 1.54) is 17.8 Å². The van der Waals surface area contributed by atoms with Crippen LogP contribution in [0.1, 0.15) is 5.56 Å². The minimum atomic E-state index is -3.70. The van der Waals surface area contributed by atoms with Gasteiger partial charge in [-0.15, -0.1) is 0 Å². The van der Waals surface area contributed by atoms with Gasteiger partial charge in [-0.25, -0.2) is 8.42 Å². The fraction of sp³-hybridized carbons (Fsp3) is 0. The third-order valence-corrected chi connectivity index (χ3v) is 7.11. The van der Waals surface area contributed by atoms with Gasteiger partial charge in [0.05, 0.1) is 4.90 Å². The maximum atomic E-state index is 12.4. The highest BCUT2D eigenvalue weighted by atomic mass is 32.2. The molecule has 0 bridgehead atoms. The Morgan fingerprint density at radius 3 is 2.11 bits per heavy atom.